The summed E-state index contributed by atoms with van der Waals surface area (Å²) in [6, 6.07) is 9.33. The van der Waals surface area contributed by atoms with E-state index in [2.05, 4.69) is 0 Å². The topological polar surface area (TPSA) is 92.9 Å². The van der Waals surface area contributed by atoms with Crippen LogP contribution in [0.4, 0.5) is 5.69 Å². The molecule has 1 amide bonds. The third kappa shape index (κ3) is 3.18. The maximum Gasteiger partial charge on any atom is 0.337 e. The molecular formula is C20H18Cl2N2O4. The Morgan fingerprint density at radius 2 is 1.96 bits per heavy atom. The highest BCUT2D eigenvalue weighted by Crippen LogP contribution is 2.49. The number of carbonyl (C=O) groups excluding carboxylic acids is 2. The summed E-state index contributed by atoms with van der Waals surface area (Å²) in [5.41, 5.74) is 4.23. The minimum absolute atomic E-state index is 0.0546. The number of nitrogens with zero attached hydrogens (tertiary/aromatic N) is 1. The summed E-state index contributed by atoms with van der Waals surface area (Å²) in [6.45, 7) is 0.434. The Morgan fingerprint density at radius 3 is 2.61 bits per heavy atom. The molecule has 8 heteroatoms. The standard InChI is InChI=1S/C20H18Cl2N2O4/c1-28-18(25)12-10-15(22)17-16(11-12)24(9-5-4-8-23)19(26)20(17,27)13-6-2-3-7-14(13)21/h2-7,10-11,27H,8-9,23H2,1H3. The quantitative estimate of drug-likeness (QED) is 0.572. The lowest BCUT2D eigenvalue weighted by Gasteiger charge is -2.24. The summed E-state index contributed by atoms with van der Waals surface area (Å²) in [5, 5.41) is 11.8. The molecule has 6 nitrogen and oxygen atoms in total. The first kappa shape index (κ1) is 20.4. The van der Waals surface area contributed by atoms with Gasteiger partial charge in [0.05, 0.1) is 23.4 Å². The molecular weight excluding hydrogens is 403 g/mol. The van der Waals surface area contributed by atoms with Gasteiger partial charge in [0.1, 0.15) is 0 Å². The Balaban J connectivity index is 2.26. The number of halogens is 2. The third-order valence-corrected chi connectivity index (χ3v) is 5.18. The molecule has 1 atom stereocenters. The molecule has 0 aliphatic carbocycles. The number of amides is 1. The lowest BCUT2D eigenvalue weighted by Crippen LogP contribution is -2.41. The van der Waals surface area contributed by atoms with Crippen LogP contribution in [-0.2, 0) is 15.1 Å². The van der Waals surface area contributed by atoms with Gasteiger partial charge >= 0.3 is 5.97 Å². The summed E-state index contributed by atoms with van der Waals surface area (Å²) in [4.78, 5) is 26.6. The molecule has 3 rings (SSSR count). The molecule has 1 unspecified atom stereocenters. The molecule has 1 aliphatic heterocycles. The maximum atomic E-state index is 13.3. The van der Waals surface area contributed by atoms with Crippen LogP contribution in [0.1, 0.15) is 21.5 Å². The zero-order valence-corrected chi connectivity index (χ0v) is 16.5. The van der Waals surface area contributed by atoms with Gasteiger partial charge in [-0.3, -0.25) is 4.79 Å². The number of anilines is 1. The highest BCUT2D eigenvalue weighted by molar-refractivity contribution is 6.35. The molecule has 1 heterocycles. The van der Waals surface area contributed by atoms with Crippen molar-refractivity contribution in [1.29, 1.82) is 0 Å². The van der Waals surface area contributed by atoms with Crippen molar-refractivity contribution in [2.24, 2.45) is 5.73 Å². The van der Waals surface area contributed by atoms with Crippen molar-refractivity contribution in [3.8, 4) is 0 Å². The van der Waals surface area contributed by atoms with E-state index in [9.17, 15) is 14.7 Å². The number of esters is 1. The second-order valence-electron chi connectivity index (χ2n) is 6.16. The number of benzene rings is 2. The zero-order valence-electron chi connectivity index (χ0n) is 15.0. The fourth-order valence-corrected chi connectivity index (χ4v) is 3.90. The van der Waals surface area contributed by atoms with Crippen LogP contribution in [0.5, 0.6) is 0 Å². The summed E-state index contributed by atoms with van der Waals surface area (Å²) < 4.78 is 4.75. The van der Waals surface area contributed by atoms with E-state index in [1.165, 1.54) is 24.1 Å². The monoisotopic (exact) mass is 420 g/mol. The lowest BCUT2D eigenvalue weighted by molar-refractivity contribution is -0.132. The van der Waals surface area contributed by atoms with Crippen LogP contribution < -0.4 is 10.6 Å². The largest absolute Gasteiger partial charge is 0.465 e. The summed E-state index contributed by atoms with van der Waals surface area (Å²) in [7, 11) is 1.25. The highest BCUT2D eigenvalue weighted by atomic mass is 35.5. The number of rotatable bonds is 5. The Hall–Kier alpha value is -2.38. The Kier molecular flexibility index (Phi) is 5.76. The molecule has 0 fully saturated rings. The van der Waals surface area contributed by atoms with Crippen molar-refractivity contribution in [1.82, 2.24) is 0 Å². The number of hydrogen-bond acceptors (Lipinski definition) is 5. The van der Waals surface area contributed by atoms with Crippen LogP contribution in [-0.4, -0.2) is 37.2 Å². The molecule has 0 radical (unpaired) electrons. The SMILES string of the molecule is COC(=O)c1cc(Cl)c2c(c1)N(CC=CCN)C(=O)C2(O)c1ccccc1Cl. The Morgan fingerprint density at radius 1 is 1.25 bits per heavy atom. The van der Waals surface area contributed by atoms with E-state index >= 15 is 0 Å². The van der Waals surface area contributed by atoms with Crippen molar-refractivity contribution in [3.63, 3.8) is 0 Å². The van der Waals surface area contributed by atoms with Crippen molar-refractivity contribution in [2.75, 3.05) is 25.1 Å². The first-order valence-corrected chi connectivity index (χ1v) is 9.18. The number of hydrogen-bond donors (Lipinski definition) is 2. The third-order valence-electron chi connectivity index (χ3n) is 4.55. The van der Waals surface area contributed by atoms with E-state index in [1.807, 2.05) is 0 Å². The van der Waals surface area contributed by atoms with E-state index < -0.39 is 17.5 Å². The fourth-order valence-electron chi connectivity index (χ4n) is 3.27. The van der Waals surface area contributed by atoms with E-state index in [4.69, 9.17) is 33.7 Å². The fraction of sp³-hybridized carbons (Fsp3) is 0.200. The molecule has 146 valence electrons. The molecule has 2 aromatic carbocycles. The molecule has 0 bridgehead atoms. The van der Waals surface area contributed by atoms with Gasteiger partial charge in [0.15, 0.2) is 5.60 Å². The van der Waals surface area contributed by atoms with Gasteiger partial charge in [0.2, 0.25) is 0 Å². The number of carbonyl (C=O) groups is 2. The number of aliphatic hydroxyl groups is 1. The summed E-state index contributed by atoms with van der Waals surface area (Å²) in [5.74, 6) is -1.23. The van der Waals surface area contributed by atoms with Gasteiger partial charge in [-0.05, 0) is 18.2 Å². The van der Waals surface area contributed by atoms with Gasteiger partial charge in [-0.2, -0.15) is 0 Å². The van der Waals surface area contributed by atoms with E-state index in [1.54, 1.807) is 36.4 Å². The van der Waals surface area contributed by atoms with Crippen LogP contribution in [0.2, 0.25) is 10.0 Å². The molecule has 0 spiro atoms. The number of ether oxygens (including phenoxy) is 1. The molecule has 28 heavy (non-hydrogen) atoms. The first-order valence-electron chi connectivity index (χ1n) is 8.43. The van der Waals surface area contributed by atoms with Crippen LogP contribution in [0.15, 0.2) is 48.6 Å². The molecule has 3 N–H and O–H groups in total. The van der Waals surface area contributed by atoms with Crippen LogP contribution in [0, 0.1) is 0 Å². The molecule has 0 aromatic heterocycles. The van der Waals surface area contributed by atoms with Crippen LogP contribution in [0.25, 0.3) is 0 Å². The predicted molar refractivity (Wildman–Crippen MR) is 108 cm³/mol. The second kappa shape index (κ2) is 7.93. The molecule has 0 saturated heterocycles. The second-order valence-corrected chi connectivity index (χ2v) is 6.97. The van der Waals surface area contributed by atoms with E-state index in [-0.39, 0.29) is 33.3 Å². The van der Waals surface area contributed by atoms with Gasteiger partial charge in [-0.1, -0.05) is 53.6 Å². The van der Waals surface area contributed by atoms with E-state index in [0.29, 0.717) is 12.2 Å². The molecule has 1 aliphatic rings. The Labute approximate surface area is 172 Å². The van der Waals surface area contributed by atoms with Gasteiger partial charge in [-0.25, -0.2) is 4.79 Å². The molecule has 0 saturated carbocycles. The number of nitrogens with two attached hydrogens (primary N) is 1. The maximum absolute atomic E-state index is 13.3. The average molecular weight is 421 g/mol. The van der Waals surface area contributed by atoms with Crippen LogP contribution in [0.3, 0.4) is 0 Å². The van der Waals surface area contributed by atoms with Gasteiger partial charge < -0.3 is 20.5 Å². The normalized spacial score (nSPS) is 18.6. The lowest BCUT2D eigenvalue weighted by atomic mass is 9.87. The van der Waals surface area contributed by atoms with Crippen molar-refractivity contribution in [2.45, 2.75) is 5.60 Å². The smallest absolute Gasteiger partial charge is 0.337 e. The zero-order chi connectivity index (χ0) is 20.5. The van der Waals surface area contributed by atoms with Gasteiger partial charge in [0, 0.05) is 29.2 Å². The van der Waals surface area contributed by atoms with Crippen molar-refractivity contribution in [3.05, 3.63) is 75.3 Å². The minimum atomic E-state index is -2.09. The minimum Gasteiger partial charge on any atom is -0.465 e. The van der Waals surface area contributed by atoms with Gasteiger partial charge in [-0.15, -0.1) is 0 Å². The summed E-state index contributed by atoms with van der Waals surface area (Å²) >= 11 is 12.7. The van der Waals surface area contributed by atoms with Crippen molar-refractivity contribution >= 4 is 40.8 Å². The predicted octanol–water partition coefficient (Wildman–Crippen LogP) is 2.88. The first-order chi connectivity index (χ1) is 13.4. The average Bonchev–Trinajstić information content (AvgIpc) is 2.90. The van der Waals surface area contributed by atoms with E-state index in [0.717, 1.165) is 0 Å². The van der Waals surface area contributed by atoms with Gasteiger partial charge in [0.25, 0.3) is 5.91 Å². The number of fused-ring (bicyclic) bond motifs is 1. The Bertz CT molecular complexity index is 977. The van der Waals surface area contributed by atoms with Crippen molar-refractivity contribution < 1.29 is 19.4 Å². The van der Waals surface area contributed by atoms with Crippen LogP contribution >= 0.6 is 23.2 Å². The number of methoxy groups -OCH3 is 1. The summed E-state index contributed by atoms with van der Waals surface area (Å²) in [6.07, 6.45) is 3.38. The molecule has 2 aromatic rings. The highest BCUT2D eigenvalue weighted by Gasteiger charge is 2.53.